The SMILES string of the molecule is Nc1nnc(SCC(=O)O)n1-c1c(F)c(F)cc(F)c1F. The predicted octanol–water partition coefficient (Wildman–Crippen LogP) is 1.58. The van der Waals surface area contributed by atoms with Crippen LogP contribution < -0.4 is 5.73 Å². The zero-order valence-electron chi connectivity index (χ0n) is 9.98. The van der Waals surface area contributed by atoms with Crippen LogP contribution in [0.15, 0.2) is 11.2 Å². The second-order valence-electron chi connectivity index (χ2n) is 3.68. The molecule has 0 radical (unpaired) electrons. The van der Waals surface area contributed by atoms with E-state index in [4.69, 9.17) is 10.8 Å². The van der Waals surface area contributed by atoms with Crippen molar-refractivity contribution in [2.45, 2.75) is 5.16 Å². The zero-order chi connectivity index (χ0) is 15.7. The molecule has 1 aromatic heterocycles. The van der Waals surface area contributed by atoms with Crippen LogP contribution in [0.5, 0.6) is 0 Å². The number of nitrogens with zero attached hydrogens (tertiary/aromatic N) is 3. The third-order valence-corrected chi connectivity index (χ3v) is 3.21. The van der Waals surface area contributed by atoms with Crippen LogP contribution in [0.1, 0.15) is 0 Å². The summed E-state index contributed by atoms with van der Waals surface area (Å²) in [4.78, 5) is 10.5. The highest BCUT2D eigenvalue weighted by Gasteiger charge is 2.25. The fraction of sp³-hybridized carbons (Fsp3) is 0.100. The summed E-state index contributed by atoms with van der Waals surface area (Å²) >= 11 is 0.532. The third kappa shape index (κ3) is 2.77. The summed E-state index contributed by atoms with van der Waals surface area (Å²) < 4.78 is 54.4. The van der Waals surface area contributed by atoms with Gasteiger partial charge in [0.2, 0.25) is 5.95 Å². The first-order valence-corrected chi connectivity index (χ1v) is 6.20. The molecule has 21 heavy (non-hydrogen) atoms. The molecule has 0 aliphatic heterocycles. The molecule has 0 saturated heterocycles. The first-order chi connectivity index (χ1) is 9.82. The largest absolute Gasteiger partial charge is 0.481 e. The van der Waals surface area contributed by atoms with Crippen LogP contribution in [0.4, 0.5) is 23.5 Å². The van der Waals surface area contributed by atoms with Gasteiger partial charge in [-0.15, -0.1) is 10.2 Å². The number of aromatic nitrogens is 3. The summed E-state index contributed by atoms with van der Waals surface area (Å²) in [6.45, 7) is 0. The normalized spacial score (nSPS) is 10.9. The lowest BCUT2D eigenvalue weighted by Gasteiger charge is -2.10. The van der Waals surface area contributed by atoms with Crippen LogP contribution in [0.2, 0.25) is 0 Å². The van der Waals surface area contributed by atoms with Crippen molar-refractivity contribution in [1.29, 1.82) is 0 Å². The van der Waals surface area contributed by atoms with E-state index in [0.29, 0.717) is 16.3 Å². The van der Waals surface area contributed by atoms with Gasteiger partial charge >= 0.3 is 5.97 Å². The highest BCUT2D eigenvalue weighted by atomic mass is 32.2. The topological polar surface area (TPSA) is 94.0 Å². The summed E-state index contributed by atoms with van der Waals surface area (Å²) in [7, 11) is 0. The van der Waals surface area contributed by atoms with E-state index in [9.17, 15) is 22.4 Å². The summed E-state index contributed by atoms with van der Waals surface area (Å²) in [6, 6.07) is 0.0405. The van der Waals surface area contributed by atoms with Gasteiger partial charge in [-0.3, -0.25) is 9.36 Å². The Morgan fingerprint density at radius 2 is 1.81 bits per heavy atom. The standard InChI is InChI=1S/C10H6F4N4O2S/c11-3-1-4(12)7(14)8(6(3)13)18-9(15)16-17-10(18)21-2-5(19)20/h1H,2H2,(H2,15,16)(H,19,20). The minimum atomic E-state index is -1.70. The number of carboxylic acid groups (broad SMARTS) is 1. The van der Waals surface area contributed by atoms with Gasteiger partial charge in [0, 0.05) is 6.07 Å². The molecule has 2 rings (SSSR count). The van der Waals surface area contributed by atoms with E-state index < -0.39 is 46.6 Å². The molecule has 1 aromatic carbocycles. The van der Waals surface area contributed by atoms with Gasteiger partial charge in [0.1, 0.15) is 5.69 Å². The number of anilines is 1. The van der Waals surface area contributed by atoms with Gasteiger partial charge in [-0.25, -0.2) is 17.6 Å². The molecule has 0 spiro atoms. The van der Waals surface area contributed by atoms with Gasteiger partial charge in [0.05, 0.1) is 5.75 Å². The van der Waals surface area contributed by atoms with E-state index >= 15 is 0 Å². The van der Waals surface area contributed by atoms with E-state index in [2.05, 4.69) is 10.2 Å². The molecule has 2 aromatic rings. The maximum absolute atomic E-state index is 13.7. The van der Waals surface area contributed by atoms with Gasteiger partial charge < -0.3 is 10.8 Å². The molecule has 6 nitrogen and oxygen atoms in total. The van der Waals surface area contributed by atoms with Crippen LogP contribution >= 0.6 is 11.8 Å². The number of halogens is 4. The van der Waals surface area contributed by atoms with E-state index in [1.807, 2.05) is 0 Å². The van der Waals surface area contributed by atoms with E-state index in [1.165, 1.54) is 0 Å². The maximum Gasteiger partial charge on any atom is 0.313 e. The molecule has 11 heteroatoms. The lowest BCUT2D eigenvalue weighted by molar-refractivity contribution is -0.133. The highest BCUT2D eigenvalue weighted by Crippen LogP contribution is 2.29. The second kappa shape index (κ2) is 5.60. The van der Waals surface area contributed by atoms with Crippen molar-refractivity contribution in [3.05, 3.63) is 29.3 Å². The van der Waals surface area contributed by atoms with Crippen molar-refractivity contribution in [3.8, 4) is 5.69 Å². The number of nitrogen functional groups attached to an aromatic ring is 1. The number of hydrogen-bond donors (Lipinski definition) is 2. The highest BCUT2D eigenvalue weighted by molar-refractivity contribution is 7.99. The molecule has 0 unspecified atom stereocenters. The summed E-state index contributed by atoms with van der Waals surface area (Å²) in [6.07, 6.45) is 0. The Bertz CT molecular complexity index is 695. The summed E-state index contributed by atoms with van der Waals surface area (Å²) in [5.74, 6) is -8.96. The van der Waals surface area contributed by atoms with Crippen molar-refractivity contribution in [1.82, 2.24) is 14.8 Å². The first kappa shape index (κ1) is 15.1. The molecule has 0 aliphatic rings. The number of nitrogens with two attached hydrogens (primary N) is 1. The van der Waals surface area contributed by atoms with Gasteiger partial charge in [0.15, 0.2) is 28.4 Å². The number of carbonyl (C=O) groups is 1. The number of rotatable bonds is 4. The Morgan fingerprint density at radius 3 is 2.33 bits per heavy atom. The van der Waals surface area contributed by atoms with Crippen molar-refractivity contribution >= 4 is 23.7 Å². The van der Waals surface area contributed by atoms with Crippen LogP contribution in [0, 0.1) is 23.3 Å². The minimum absolute atomic E-state index is 0.0405. The van der Waals surface area contributed by atoms with Crippen molar-refractivity contribution in [2.75, 3.05) is 11.5 Å². The van der Waals surface area contributed by atoms with Crippen LogP contribution in [-0.4, -0.2) is 31.6 Å². The van der Waals surface area contributed by atoms with Gasteiger partial charge in [0.25, 0.3) is 0 Å². The Morgan fingerprint density at radius 1 is 1.24 bits per heavy atom. The maximum atomic E-state index is 13.7. The number of hydrogen-bond acceptors (Lipinski definition) is 5. The second-order valence-corrected chi connectivity index (χ2v) is 4.62. The van der Waals surface area contributed by atoms with E-state index in [0.717, 1.165) is 0 Å². The van der Waals surface area contributed by atoms with Crippen LogP contribution in [0.3, 0.4) is 0 Å². The minimum Gasteiger partial charge on any atom is -0.481 e. The van der Waals surface area contributed by atoms with Gasteiger partial charge in [-0.1, -0.05) is 11.8 Å². The van der Waals surface area contributed by atoms with Crippen molar-refractivity contribution in [3.63, 3.8) is 0 Å². The monoisotopic (exact) mass is 322 g/mol. The molecule has 0 aliphatic carbocycles. The quantitative estimate of drug-likeness (QED) is 0.504. The molecule has 3 N–H and O–H groups in total. The number of benzene rings is 1. The fourth-order valence-corrected chi connectivity index (χ4v) is 2.13. The molecule has 112 valence electrons. The molecule has 0 amide bonds. The van der Waals surface area contributed by atoms with Gasteiger partial charge in [-0.05, 0) is 0 Å². The van der Waals surface area contributed by atoms with Crippen LogP contribution in [0.25, 0.3) is 5.69 Å². The molecule has 0 bridgehead atoms. The average Bonchev–Trinajstić information content (AvgIpc) is 2.76. The number of thioether (sulfide) groups is 1. The Balaban J connectivity index is 2.62. The Kier molecular flexibility index (Phi) is 4.02. The summed E-state index contributed by atoms with van der Waals surface area (Å²) in [5, 5.41) is 15.0. The molecule has 0 fully saturated rings. The first-order valence-electron chi connectivity index (χ1n) is 5.21. The molecular weight excluding hydrogens is 316 g/mol. The van der Waals surface area contributed by atoms with E-state index in [1.54, 1.807) is 0 Å². The number of aliphatic carboxylic acids is 1. The molecule has 0 atom stereocenters. The zero-order valence-corrected chi connectivity index (χ0v) is 10.8. The molecule has 0 saturated carbocycles. The smallest absolute Gasteiger partial charge is 0.313 e. The molecule has 1 heterocycles. The lowest BCUT2D eigenvalue weighted by atomic mass is 10.2. The predicted molar refractivity (Wildman–Crippen MR) is 64.0 cm³/mol. The summed E-state index contributed by atoms with van der Waals surface area (Å²) in [5.41, 5.74) is 4.22. The fourth-order valence-electron chi connectivity index (χ4n) is 1.47. The Hall–Kier alpha value is -2.30. The van der Waals surface area contributed by atoms with E-state index in [-0.39, 0.29) is 11.2 Å². The van der Waals surface area contributed by atoms with Crippen LogP contribution in [-0.2, 0) is 4.79 Å². The van der Waals surface area contributed by atoms with Crippen molar-refractivity contribution in [2.24, 2.45) is 0 Å². The number of carboxylic acids is 1. The third-order valence-electron chi connectivity index (χ3n) is 2.30. The van der Waals surface area contributed by atoms with Crippen molar-refractivity contribution < 1.29 is 27.5 Å². The Labute approximate surface area is 118 Å². The lowest BCUT2D eigenvalue weighted by Crippen LogP contribution is -2.11. The van der Waals surface area contributed by atoms with Gasteiger partial charge in [-0.2, -0.15) is 0 Å². The molecular formula is C10H6F4N4O2S. The average molecular weight is 322 g/mol.